The van der Waals surface area contributed by atoms with Gasteiger partial charge in [-0.2, -0.15) is 0 Å². The lowest BCUT2D eigenvalue weighted by Crippen LogP contribution is -2.22. The second kappa shape index (κ2) is 9.43. The molecule has 164 valence electrons. The summed E-state index contributed by atoms with van der Waals surface area (Å²) in [5.74, 6) is 1.79. The van der Waals surface area contributed by atoms with Crippen LogP contribution in [0.3, 0.4) is 0 Å². The molecule has 0 aliphatic heterocycles. The van der Waals surface area contributed by atoms with Crippen molar-refractivity contribution in [3.05, 3.63) is 89.4 Å². The van der Waals surface area contributed by atoms with Gasteiger partial charge in [0, 0.05) is 24.5 Å². The molecule has 4 rings (SSSR count). The van der Waals surface area contributed by atoms with Crippen LogP contribution in [-0.4, -0.2) is 29.5 Å². The minimum Gasteiger partial charge on any atom is -0.493 e. The third-order valence-electron chi connectivity index (χ3n) is 5.05. The van der Waals surface area contributed by atoms with Gasteiger partial charge in [0.1, 0.15) is 18.0 Å². The van der Waals surface area contributed by atoms with Crippen LogP contribution in [-0.2, 0) is 13.2 Å². The van der Waals surface area contributed by atoms with Crippen molar-refractivity contribution in [2.24, 2.45) is 0 Å². The average Bonchev–Trinajstić information content (AvgIpc) is 3.23. The molecule has 0 aliphatic carbocycles. The highest BCUT2D eigenvalue weighted by molar-refractivity contribution is 5.94. The van der Waals surface area contributed by atoms with Crippen molar-refractivity contribution < 1.29 is 19.0 Å². The second-order valence-electron chi connectivity index (χ2n) is 7.39. The standard InChI is InChI=1S/C25H25N3O4/c1-17-4-11-24-27-20(15-28(24)14-17)16-32-21-8-6-19(7-9-21)25(29)26-13-18-5-10-22(30-2)23(12-18)31-3/h4-12,14-15H,13,16H2,1-3H3,(H,26,29). The zero-order valence-electron chi connectivity index (χ0n) is 18.3. The van der Waals surface area contributed by atoms with Crippen molar-refractivity contribution in [2.75, 3.05) is 14.2 Å². The number of benzene rings is 2. The molecule has 7 heteroatoms. The predicted molar refractivity (Wildman–Crippen MR) is 121 cm³/mol. The molecule has 1 N–H and O–H groups in total. The monoisotopic (exact) mass is 431 g/mol. The summed E-state index contributed by atoms with van der Waals surface area (Å²) in [5, 5.41) is 2.91. The number of aromatic nitrogens is 2. The van der Waals surface area contributed by atoms with Crippen molar-refractivity contribution in [1.82, 2.24) is 14.7 Å². The number of amides is 1. The Morgan fingerprint density at radius 1 is 0.969 bits per heavy atom. The van der Waals surface area contributed by atoms with E-state index >= 15 is 0 Å². The van der Waals surface area contributed by atoms with Crippen LogP contribution in [0.4, 0.5) is 0 Å². The molecule has 0 atom stereocenters. The number of carbonyl (C=O) groups is 1. The fraction of sp³-hybridized carbons (Fsp3) is 0.200. The van der Waals surface area contributed by atoms with Crippen molar-refractivity contribution >= 4 is 11.6 Å². The predicted octanol–water partition coefficient (Wildman–Crippen LogP) is 4.17. The molecule has 7 nitrogen and oxygen atoms in total. The highest BCUT2D eigenvalue weighted by Gasteiger charge is 2.09. The number of imidazole rings is 1. The Labute approximate surface area is 186 Å². The lowest BCUT2D eigenvalue weighted by molar-refractivity contribution is 0.0951. The zero-order valence-corrected chi connectivity index (χ0v) is 18.3. The zero-order chi connectivity index (χ0) is 22.5. The molecule has 2 aromatic carbocycles. The maximum Gasteiger partial charge on any atom is 0.251 e. The van der Waals surface area contributed by atoms with Crippen LogP contribution in [0, 0.1) is 6.92 Å². The van der Waals surface area contributed by atoms with E-state index in [0.29, 0.717) is 36.0 Å². The smallest absolute Gasteiger partial charge is 0.251 e. The number of nitrogens with one attached hydrogen (secondary N) is 1. The first-order valence-electron chi connectivity index (χ1n) is 10.2. The Hall–Kier alpha value is -4.00. The molecule has 0 fully saturated rings. The van der Waals surface area contributed by atoms with E-state index in [-0.39, 0.29) is 5.91 Å². The van der Waals surface area contributed by atoms with Gasteiger partial charge in [0.15, 0.2) is 11.5 Å². The van der Waals surface area contributed by atoms with Crippen LogP contribution in [0.15, 0.2) is 67.0 Å². The maximum atomic E-state index is 12.5. The number of aryl methyl sites for hydroxylation is 1. The first-order valence-corrected chi connectivity index (χ1v) is 10.2. The van der Waals surface area contributed by atoms with Crippen LogP contribution >= 0.6 is 0 Å². The maximum absolute atomic E-state index is 12.5. The van der Waals surface area contributed by atoms with Crippen LogP contribution in [0.2, 0.25) is 0 Å². The SMILES string of the molecule is COc1ccc(CNC(=O)c2ccc(OCc3cn4cc(C)ccc4n3)cc2)cc1OC. The van der Waals surface area contributed by atoms with E-state index in [1.54, 1.807) is 38.5 Å². The Kier molecular flexibility index (Phi) is 6.26. The molecule has 0 spiro atoms. The number of fused-ring (bicyclic) bond motifs is 1. The van der Waals surface area contributed by atoms with Crippen molar-refractivity contribution in [3.63, 3.8) is 0 Å². The fourth-order valence-electron chi connectivity index (χ4n) is 3.36. The second-order valence-corrected chi connectivity index (χ2v) is 7.39. The quantitative estimate of drug-likeness (QED) is 0.453. The minimum absolute atomic E-state index is 0.165. The lowest BCUT2D eigenvalue weighted by Gasteiger charge is -2.11. The van der Waals surface area contributed by atoms with Crippen molar-refractivity contribution in [3.8, 4) is 17.2 Å². The largest absolute Gasteiger partial charge is 0.493 e. The van der Waals surface area contributed by atoms with Gasteiger partial charge in [0.05, 0.1) is 19.9 Å². The van der Waals surface area contributed by atoms with E-state index < -0.39 is 0 Å². The van der Waals surface area contributed by atoms with Crippen molar-refractivity contribution in [1.29, 1.82) is 0 Å². The number of rotatable bonds is 8. The molecule has 0 saturated heterocycles. The molecule has 1 amide bonds. The Balaban J connectivity index is 1.33. The van der Waals surface area contributed by atoms with Crippen LogP contribution in [0.1, 0.15) is 27.2 Å². The molecule has 2 heterocycles. The summed E-state index contributed by atoms with van der Waals surface area (Å²) >= 11 is 0. The van der Waals surface area contributed by atoms with Gasteiger partial charge in [0.2, 0.25) is 0 Å². The van der Waals surface area contributed by atoms with E-state index in [2.05, 4.69) is 10.3 Å². The number of nitrogens with zero attached hydrogens (tertiary/aromatic N) is 2. The molecule has 0 aliphatic rings. The lowest BCUT2D eigenvalue weighted by atomic mass is 10.1. The average molecular weight is 431 g/mol. The molecular formula is C25H25N3O4. The fourth-order valence-corrected chi connectivity index (χ4v) is 3.36. The van der Waals surface area contributed by atoms with Crippen molar-refractivity contribution in [2.45, 2.75) is 20.1 Å². The molecule has 0 saturated carbocycles. The number of ether oxygens (including phenoxy) is 3. The van der Waals surface area contributed by atoms with E-state index in [1.807, 2.05) is 54.0 Å². The van der Waals surface area contributed by atoms with Gasteiger partial charge < -0.3 is 23.9 Å². The summed E-state index contributed by atoms with van der Waals surface area (Å²) in [7, 11) is 3.17. The Morgan fingerprint density at radius 3 is 2.50 bits per heavy atom. The number of hydrogen-bond acceptors (Lipinski definition) is 5. The van der Waals surface area contributed by atoms with Gasteiger partial charge in [-0.15, -0.1) is 0 Å². The van der Waals surface area contributed by atoms with Gasteiger partial charge in [-0.3, -0.25) is 4.79 Å². The number of pyridine rings is 1. The topological polar surface area (TPSA) is 74.1 Å². The summed E-state index contributed by atoms with van der Waals surface area (Å²) in [4.78, 5) is 17.0. The number of hydrogen-bond donors (Lipinski definition) is 1. The van der Waals surface area contributed by atoms with E-state index in [4.69, 9.17) is 14.2 Å². The van der Waals surface area contributed by atoms with Crippen LogP contribution in [0.25, 0.3) is 5.65 Å². The van der Waals surface area contributed by atoms with Crippen LogP contribution < -0.4 is 19.5 Å². The molecule has 0 radical (unpaired) electrons. The van der Waals surface area contributed by atoms with Gasteiger partial charge in [-0.25, -0.2) is 4.98 Å². The third-order valence-corrected chi connectivity index (χ3v) is 5.05. The first kappa shape index (κ1) is 21.2. The first-order chi connectivity index (χ1) is 15.6. The number of methoxy groups -OCH3 is 2. The Morgan fingerprint density at radius 2 is 1.75 bits per heavy atom. The molecule has 4 aromatic rings. The highest BCUT2D eigenvalue weighted by Crippen LogP contribution is 2.27. The Bertz CT molecular complexity index is 1230. The van der Waals surface area contributed by atoms with E-state index in [1.165, 1.54) is 5.56 Å². The summed E-state index contributed by atoms with van der Waals surface area (Å²) in [5.41, 5.74) is 4.37. The van der Waals surface area contributed by atoms with E-state index in [0.717, 1.165) is 16.9 Å². The molecule has 32 heavy (non-hydrogen) atoms. The van der Waals surface area contributed by atoms with Crippen LogP contribution in [0.5, 0.6) is 17.2 Å². The molecule has 0 bridgehead atoms. The van der Waals surface area contributed by atoms with Gasteiger partial charge in [-0.05, 0) is 60.5 Å². The minimum atomic E-state index is -0.165. The van der Waals surface area contributed by atoms with E-state index in [9.17, 15) is 4.79 Å². The highest BCUT2D eigenvalue weighted by atomic mass is 16.5. The van der Waals surface area contributed by atoms with Gasteiger partial charge in [-0.1, -0.05) is 12.1 Å². The summed E-state index contributed by atoms with van der Waals surface area (Å²) in [6.45, 7) is 2.78. The van der Waals surface area contributed by atoms with Gasteiger partial charge in [0.25, 0.3) is 5.91 Å². The summed E-state index contributed by atoms with van der Waals surface area (Å²) in [6, 6.07) is 16.6. The summed E-state index contributed by atoms with van der Waals surface area (Å²) in [6.07, 6.45) is 3.99. The molecular weight excluding hydrogens is 406 g/mol. The summed E-state index contributed by atoms with van der Waals surface area (Å²) < 4.78 is 18.4. The number of carbonyl (C=O) groups excluding carboxylic acids is 1. The molecule has 2 aromatic heterocycles. The normalized spacial score (nSPS) is 10.7. The third kappa shape index (κ3) is 4.83. The molecule has 0 unspecified atom stereocenters. The van der Waals surface area contributed by atoms with Gasteiger partial charge >= 0.3 is 0 Å².